The van der Waals surface area contributed by atoms with Gasteiger partial charge in [-0.3, -0.25) is 0 Å². The Labute approximate surface area is 120 Å². The van der Waals surface area contributed by atoms with Crippen LogP contribution in [0.15, 0.2) is 29.4 Å². The Morgan fingerprint density at radius 3 is 2.79 bits per heavy atom. The average Bonchev–Trinajstić information content (AvgIpc) is 2.36. The molecule has 2 aromatic rings. The molecule has 0 bridgehead atoms. The van der Waals surface area contributed by atoms with E-state index in [1.807, 2.05) is 12.1 Å². The summed E-state index contributed by atoms with van der Waals surface area (Å²) in [7, 11) is 0. The van der Waals surface area contributed by atoms with Gasteiger partial charge >= 0.3 is 0 Å². The Hall–Kier alpha value is -1.77. The molecular formula is C13H10ClN3OS. The van der Waals surface area contributed by atoms with E-state index in [9.17, 15) is 5.11 Å². The summed E-state index contributed by atoms with van der Waals surface area (Å²) in [6, 6.07) is 8.69. The van der Waals surface area contributed by atoms with Gasteiger partial charge in [0.25, 0.3) is 0 Å². The van der Waals surface area contributed by atoms with Gasteiger partial charge in [0, 0.05) is 22.5 Å². The van der Waals surface area contributed by atoms with Crippen LogP contribution in [0.1, 0.15) is 16.8 Å². The number of benzene rings is 1. The third-order valence-electron chi connectivity index (χ3n) is 2.36. The maximum Gasteiger partial charge on any atom is 0.215 e. The predicted octanol–water partition coefficient (Wildman–Crippen LogP) is 3.31. The fourth-order valence-electron chi connectivity index (χ4n) is 1.47. The third kappa shape index (κ3) is 3.60. The zero-order valence-electron chi connectivity index (χ0n) is 10.1. The fourth-order valence-corrected chi connectivity index (χ4v) is 2.70. The summed E-state index contributed by atoms with van der Waals surface area (Å²) in [6.07, 6.45) is 0. The van der Waals surface area contributed by atoms with Crippen molar-refractivity contribution in [2.75, 3.05) is 0 Å². The van der Waals surface area contributed by atoms with Crippen LogP contribution in [0.5, 0.6) is 5.88 Å². The van der Waals surface area contributed by atoms with Crippen LogP contribution in [0, 0.1) is 18.3 Å². The van der Waals surface area contributed by atoms with E-state index in [1.54, 1.807) is 19.1 Å². The molecule has 1 aromatic carbocycles. The van der Waals surface area contributed by atoms with Gasteiger partial charge in [0.1, 0.15) is 0 Å². The molecule has 0 aliphatic heterocycles. The number of thioether (sulfide) groups is 1. The molecule has 0 fully saturated rings. The Morgan fingerprint density at radius 2 is 2.16 bits per heavy atom. The minimum atomic E-state index is -0.0408. The topological polar surface area (TPSA) is 69.8 Å². The number of aryl methyl sites for hydroxylation is 1. The first-order valence-corrected chi connectivity index (χ1v) is 6.81. The van der Waals surface area contributed by atoms with Crippen molar-refractivity contribution in [2.24, 2.45) is 0 Å². The Morgan fingerprint density at radius 1 is 1.37 bits per heavy atom. The van der Waals surface area contributed by atoms with Crippen molar-refractivity contribution < 1.29 is 5.11 Å². The summed E-state index contributed by atoms with van der Waals surface area (Å²) in [6.45, 7) is 1.79. The van der Waals surface area contributed by atoms with E-state index in [0.29, 0.717) is 27.2 Å². The average molecular weight is 292 g/mol. The van der Waals surface area contributed by atoms with E-state index in [0.717, 1.165) is 5.56 Å². The lowest BCUT2D eigenvalue weighted by atomic mass is 10.2. The van der Waals surface area contributed by atoms with Crippen LogP contribution >= 0.6 is 23.4 Å². The Bertz CT molecular complexity index is 635. The van der Waals surface area contributed by atoms with Crippen molar-refractivity contribution in [3.8, 4) is 11.9 Å². The summed E-state index contributed by atoms with van der Waals surface area (Å²) < 4.78 is 0. The van der Waals surface area contributed by atoms with E-state index in [4.69, 9.17) is 16.9 Å². The lowest BCUT2D eigenvalue weighted by Crippen LogP contribution is -1.91. The highest BCUT2D eigenvalue weighted by molar-refractivity contribution is 7.98. The first-order valence-electron chi connectivity index (χ1n) is 5.44. The number of aromatic nitrogens is 2. The number of halogens is 1. The van der Waals surface area contributed by atoms with Gasteiger partial charge in [-0.25, -0.2) is 4.98 Å². The van der Waals surface area contributed by atoms with Crippen molar-refractivity contribution in [3.05, 3.63) is 46.1 Å². The number of aromatic hydroxyl groups is 1. The van der Waals surface area contributed by atoms with E-state index in [1.165, 1.54) is 17.8 Å². The normalized spacial score (nSPS) is 10.2. The first kappa shape index (κ1) is 13.7. The van der Waals surface area contributed by atoms with Gasteiger partial charge in [-0.2, -0.15) is 10.2 Å². The second-order valence-corrected chi connectivity index (χ2v) is 5.21. The first-order chi connectivity index (χ1) is 9.08. The molecule has 0 unspecified atom stereocenters. The van der Waals surface area contributed by atoms with Gasteiger partial charge in [-0.05, 0) is 24.6 Å². The molecule has 1 N–H and O–H groups in total. The summed E-state index contributed by atoms with van der Waals surface area (Å²) in [4.78, 5) is 8.13. The molecule has 1 heterocycles. The molecule has 1 aromatic heterocycles. The van der Waals surface area contributed by atoms with E-state index in [-0.39, 0.29) is 5.88 Å². The predicted molar refractivity (Wildman–Crippen MR) is 74.2 cm³/mol. The Kier molecular flexibility index (Phi) is 4.25. The van der Waals surface area contributed by atoms with Crippen LogP contribution in [0.4, 0.5) is 0 Å². The molecule has 0 atom stereocenters. The molecule has 6 heteroatoms. The SMILES string of the molecule is Cc1cc(O)nc(SCc2ccc(C#N)cc2Cl)n1. The van der Waals surface area contributed by atoms with Gasteiger partial charge in [0.05, 0.1) is 11.6 Å². The molecule has 0 spiro atoms. The molecule has 4 nitrogen and oxygen atoms in total. The van der Waals surface area contributed by atoms with E-state index in [2.05, 4.69) is 9.97 Å². The van der Waals surface area contributed by atoms with Crippen LogP contribution < -0.4 is 0 Å². The molecule has 0 radical (unpaired) electrons. The summed E-state index contributed by atoms with van der Waals surface area (Å²) in [5, 5.41) is 19.2. The number of hydrogen-bond acceptors (Lipinski definition) is 5. The third-order valence-corrected chi connectivity index (χ3v) is 3.61. The van der Waals surface area contributed by atoms with E-state index >= 15 is 0 Å². The molecule has 19 heavy (non-hydrogen) atoms. The summed E-state index contributed by atoms with van der Waals surface area (Å²) in [5.41, 5.74) is 2.14. The van der Waals surface area contributed by atoms with Gasteiger partial charge in [-0.1, -0.05) is 29.4 Å². The second kappa shape index (κ2) is 5.91. The standard InChI is InChI=1S/C13H10ClN3OS/c1-8-4-12(18)17-13(16-8)19-7-10-3-2-9(6-15)5-11(10)14/h2-5H,7H2,1H3,(H,16,17,18). The number of hydrogen-bond donors (Lipinski definition) is 1. The molecule has 96 valence electrons. The molecule has 0 saturated heterocycles. The largest absolute Gasteiger partial charge is 0.493 e. The quantitative estimate of drug-likeness (QED) is 0.694. The van der Waals surface area contributed by atoms with Crippen molar-refractivity contribution in [1.29, 1.82) is 5.26 Å². The molecule has 0 amide bonds. The molecule has 0 saturated carbocycles. The highest BCUT2D eigenvalue weighted by atomic mass is 35.5. The van der Waals surface area contributed by atoms with Crippen LogP contribution in [0.25, 0.3) is 0 Å². The maximum absolute atomic E-state index is 9.39. The highest BCUT2D eigenvalue weighted by Crippen LogP contribution is 2.26. The van der Waals surface area contributed by atoms with Gasteiger partial charge in [0.15, 0.2) is 5.16 Å². The van der Waals surface area contributed by atoms with Gasteiger partial charge in [-0.15, -0.1) is 0 Å². The van der Waals surface area contributed by atoms with Crippen LogP contribution in [-0.2, 0) is 5.75 Å². The van der Waals surface area contributed by atoms with Gasteiger partial charge in [0.2, 0.25) is 5.88 Å². The minimum Gasteiger partial charge on any atom is -0.493 e. The summed E-state index contributed by atoms with van der Waals surface area (Å²) in [5.74, 6) is 0.536. The number of nitriles is 1. The zero-order valence-corrected chi connectivity index (χ0v) is 11.7. The monoisotopic (exact) mass is 291 g/mol. The maximum atomic E-state index is 9.39. The molecular weight excluding hydrogens is 282 g/mol. The second-order valence-electron chi connectivity index (χ2n) is 3.86. The smallest absolute Gasteiger partial charge is 0.215 e. The van der Waals surface area contributed by atoms with Crippen molar-refractivity contribution >= 4 is 23.4 Å². The van der Waals surface area contributed by atoms with Crippen LogP contribution in [-0.4, -0.2) is 15.1 Å². The van der Waals surface area contributed by atoms with Crippen molar-refractivity contribution in [3.63, 3.8) is 0 Å². The van der Waals surface area contributed by atoms with E-state index < -0.39 is 0 Å². The molecule has 2 rings (SSSR count). The lowest BCUT2D eigenvalue weighted by molar-refractivity contribution is 0.444. The Balaban J connectivity index is 2.12. The summed E-state index contributed by atoms with van der Waals surface area (Å²) >= 11 is 7.46. The zero-order chi connectivity index (χ0) is 13.8. The molecule has 0 aliphatic rings. The fraction of sp³-hybridized carbons (Fsp3) is 0.154. The number of nitrogens with zero attached hydrogens (tertiary/aromatic N) is 3. The lowest BCUT2D eigenvalue weighted by Gasteiger charge is -2.04. The number of rotatable bonds is 3. The minimum absolute atomic E-state index is 0.0408. The van der Waals surface area contributed by atoms with Crippen LogP contribution in [0.3, 0.4) is 0 Å². The van der Waals surface area contributed by atoms with Crippen LogP contribution in [0.2, 0.25) is 5.02 Å². The van der Waals surface area contributed by atoms with Crippen molar-refractivity contribution in [1.82, 2.24) is 9.97 Å². The highest BCUT2D eigenvalue weighted by Gasteiger charge is 2.06. The van der Waals surface area contributed by atoms with Gasteiger partial charge < -0.3 is 5.11 Å². The van der Waals surface area contributed by atoms with Crippen molar-refractivity contribution in [2.45, 2.75) is 17.8 Å². The molecule has 0 aliphatic carbocycles.